The summed E-state index contributed by atoms with van der Waals surface area (Å²) < 4.78 is 12.0. The molecule has 0 saturated carbocycles. The minimum atomic E-state index is -0.589. The molecule has 1 N–H and O–H groups in total. The molecule has 38 heavy (non-hydrogen) atoms. The minimum Gasteiger partial charge on any atom is -0.493 e. The number of carbonyl (C=O) groups excluding carboxylic acids is 3. The molecule has 0 atom stereocenters. The molecule has 3 aromatic carbocycles. The van der Waals surface area contributed by atoms with E-state index in [2.05, 4.69) is 27.3 Å². The predicted octanol–water partition coefficient (Wildman–Crippen LogP) is 6.24. The third kappa shape index (κ3) is 6.19. The lowest BCUT2D eigenvalue weighted by Crippen LogP contribution is -2.36. The number of rotatable bonds is 8. The van der Waals surface area contributed by atoms with Crippen LogP contribution in [0.4, 0.5) is 10.5 Å². The number of anilines is 1. The van der Waals surface area contributed by atoms with Crippen LogP contribution in [0.25, 0.3) is 6.08 Å². The molecule has 1 heterocycles. The van der Waals surface area contributed by atoms with Gasteiger partial charge in [0.05, 0.1) is 34.4 Å². The Hall–Kier alpha value is -3.78. The summed E-state index contributed by atoms with van der Waals surface area (Å²) in [5.74, 6) is -0.321. The van der Waals surface area contributed by atoms with Crippen LogP contribution >= 0.6 is 39.3 Å². The molecule has 1 aliphatic rings. The first kappa shape index (κ1) is 27.3. The molecule has 3 aromatic rings. The monoisotopic (exact) mass is 611 g/mol. The van der Waals surface area contributed by atoms with Crippen LogP contribution in [0.15, 0.2) is 70.0 Å². The van der Waals surface area contributed by atoms with Gasteiger partial charge in [0.15, 0.2) is 11.5 Å². The highest BCUT2D eigenvalue weighted by Gasteiger charge is 2.36. The van der Waals surface area contributed by atoms with Crippen LogP contribution in [0.1, 0.15) is 16.7 Å². The summed E-state index contributed by atoms with van der Waals surface area (Å²) in [6.07, 6.45) is 1.54. The first-order valence-electron chi connectivity index (χ1n) is 11.1. The van der Waals surface area contributed by atoms with Crippen LogP contribution in [0.5, 0.6) is 11.5 Å². The van der Waals surface area contributed by atoms with Gasteiger partial charge in [0.25, 0.3) is 11.1 Å². The Kier molecular flexibility index (Phi) is 8.73. The molecule has 0 aromatic heterocycles. The van der Waals surface area contributed by atoms with Gasteiger partial charge in [-0.25, -0.2) is 0 Å². The average molecular weight is 613 g/mol. The van der Waals surface area contributed by atoms with E-state index in [4.69, 9.17) is 21.1 Å². The minimum absolute atomic E-state index is 0.153. The summed E-state index contributed by atoms with van der Waals surface area (Å²) in [5, 5.41) is 11.7. The summed E-state index contributed by atoms with van der Waals surface area (Å²) in [6, 6.07) is 19.3. The number of halogens is 2. The van der Waals surface area contributed by atoms with E-state index in [1.807, 2.05) is 6.07 Å². The lowest BCUT2D eigenvalue weighted by Gasteiger charge is -2.14. The number of benzene rings is 3. The number of imide groups is 1. The molecule has 0 bridgehead atoms. The molecule has 11 heteroatoms. The number of amides is 3. The van der Waals surface area contributed by atoms with Crippen molar-refractivity contribution in [1.29, 1.82) is 5.26 Å². The number of methoxy groups -OCH3 is 1. The van der Waals surface area contributed by atoms with Crippen molar-refractivity contribution in [3.8, 4) is 17.6 Å². The van der Waals surface area contributed by atoms with Gasteiger partial charge in [0.1, 0.15) is 13.2 Å². The molecule has 0 spiro atoms. The molecule has 3 amide bonds. The van der Waals surface area contributed by atoms with Gasteiger partial charge >= 0.3 is 0 Å². The Balaban J connectivity index is 1.49. The van der Waals surface area contributed by atoms with Gasteiger partial charge in [-0.15, -0.1) is 0 Å². The highest BCUT2D eigenvalue weighted by Crippen LogP contribution is 2.38. The lowest BCUT2D eigenvalue weighted by atomic mass is 10.1. The number of nitrogens with one attached hydrogen (secondary N) is 1. The van der Waals surface area contributed by atoms with Crippen molar-refractivity contribution in [3.63, 3.8) is 0 Å². The Morgan fingerprint density at radius 2 is 1.89 bits per heavy atom. The van der Waals surface area contributed by atoms with Crippen molar-refractivity contribution < 1.29 is 23.9 Å². The van der Waals surface area contributed by atoms with Gasteiger partial charge in [0, 0.05) is 10.0 Å². The van der Waals surface area contributed by atoms with Crippen molar-refractivity contribution in [2.45, 2.75) is 6.61 Å². The van der Waals surface area contributed by atoms with Gasteiger partial charge in [-0.3, -0.25) is 19.3 Å². The molecule has 192 valence electrons. The lowest BCUT2D eigenvalue weighted by molar-refractivity contribution is -0.127. The second kappa shape index (κ2) is 12.2. The van der Waals surface area contributed by atoms with E-state index >= 15 is 0 Å². The molecule has 0 unspecified atom stereocenters. The maximum Gasteiger partial charge on any atom is 0.294 e. The second-order valence-electron chi connectivity index (χ2n) is 7.88. The van der Waals surface area contributed by atoms with Crippen molar-refractivity contribution in [2.75, 3.05) is 19.0 Å². The predicted molar refractivity (Wildman–Crippen MR) is 149 cm³/mol. The van der Waals surface area contributed by atoms with Crippen LogP contribution in [-0.4, -0.2) is 35.6 Å². The molecule has 4 rings (SSSR count). The Labute approximate surface area is 236 Å². The number of nitrogens with zero attached hydrogens (tertiary/aromatic N) is 2. The Morgan fingerprint density at radius 1 is 1.16 bits per heavy atom. The number of ether oxygens (including phenoxy) is 2. The standard InChI is InChI=1S/C27H19BrClN3O5S/c1-36-22-10-18(19(28)12-23(22)37-15-17-7-3-2-6-16(17)13-30)11-24-26(34)32(27(35)38-24)14-25(33)31-21-9-5-4-8-20(21)29/h2-12H,14-15H2,1H3,(H,31,33)/b24-11+. The van der Waals surface area contributed by atoms with E-state index in [0.29, 0.717) is 37.8 Å². The van der Waals surface area contributed by atoms with Crippen molar-refractivity contribution in [3.05, 3.63) is 91.8 Å². The molecule has 0 radical (unpaired) electrons. The summed E-state index contributed by atoms with van der Waals surface area (Å²) in [4.78, 5) is 38.9. The van der Waals surface area contributed by atoms with Crippen LogP contribution in [0.2, 0.25) is 5.02 Å². The normalized spacial score (nSPS) is 13.9. The van der Waals surface area contributed by atoms with E-state index in [9.17, 15) is 19.6 Å². The van der Waals surface area contributed by atoms with E-state index in [0.717, 1.165) is 22.2 Å². The molecular weight excluding hydrogens is 594 g/mol. The number of hydrogen-bond donors (Lipinski definition) is 1. The largest absolute Gasteiger partial charge is 0.493 e. The molecule has 0 aliphatic carbocycles. The summed E-state index contributed by atoms with van der Waals surface area (Å²) >= 11 is 10.3. The summed E-state index contributed by atoms with van der Waals surface area (Å²) in [7, 11) is 1.48. The van der Waals surface area contributed by atoms with Crippen LogP contribution in [0.3, 0.4) is 0 Å². The van der Waals surface area contributed by atoms with Gasteiger partial charge in [-0.05, 0) is 53.7 Å². The maximum absolute atomic E-state index is 12.9. The fourth-order valence-corrected chi connectivity index (χ4v) is 4.97. The highest BCUT2D eigenvalue weighted by molar-refractivity contribution is 9.10. The topological polar surface area (TPSA) is 109 Å². The van der Waals surface area contributed by atoms with Crippen LogP contribution < -0.4 is 14.8 Å². The maximum atomic E-state index is 12.9. The summed E-state index contributed by atoms with van der Waals surface area (Å²) in [5.41, 5.74) is 2.19. The fraction of sp³-hybridized carbons (Fsp3) is 0.111. The van der Waals surface area contributed by atoms with Crippen molar-refractivity contribution >= 4 is 68.1 Å². The second-order valence-corrected chi connectivity index (χ2v) is 10.1. The van der Waals surface area contributed by atoms with E-state index < -0.39 is 23.6 Å². The van der Waals surface area contributed by atoms with Crippen molar-refractivity contribution in [2.24, 2.45) is 0 Å². The number of carbonyl (C=O) groups is 3. The third-order valence-corrected chi connectivity index (χ3v) is 7.34. The SMILES string of the molecule is COc1cc(/C=C2/SC(=O)N(CC(=O)Nc3ccccc3Cl)C2=O)c(Br)cc1OCc1ccccc1C#N. The molecular formula is C27H19BrClN3O5S. The quantitative estimate of drug-likeness (QED) is 0.300. The highest BCUT2D eigenvalue weighted by atomic mass is 79.9. The van der Waals surface area contributed by atoms with Crippen LogP contribution in [0, 0.1) is 11.3 Å². The number of hydrogen-bond acceptors (Lipinski definition) is 7. The number of nitriles is 1. The van der Waals surface area contributed by atoms with E-state index in [-0.39, 0.29) is 11.5 Å². The zero-order valence-corrected chi connectivity index (χ0v) is 23.0. The fourth-order valence-electron chi connectivity index (χ4n) is 3.52. The average Bonchev–Trinajstić information content (AvgIpc) is 3.17. The Bertz CT molecular complexity index is 1500. The van der Waals surface area contributed by atoms with E-state index in [1.54, 1.807) is 54.6 Å². The smallest absolute Gasteiger partial charge is 0.294 e. The first-order chi connectivity index (χ1) is 18.3. The number of thioether (sulfide) groups is 1. The van der Waals surface area contributed by atoms with Crippen LogP contribution in [-0.2, 0) is 16.2 Å². The zero-order chi connectivity index (χ0) is 27.2. The van der Waals surface area contributed by atoms with Crippen molar-refractivity contribution in [1.82, 2.24) is 4.90 Å². The number of para-hydroxylation sites is 1. The van der Waals surface area contributed by atoms with Gasteiger partial charge in [-0.2, -0.15) is 5.26 Å². The first-order valence-corrected chi connectivity index (χ1v) is 13.1. The molecule has 8 nitrogen and oxygen atoms in total. The van der Waals surface area contributed by atoms with Gasteiger partial charge < -0.3 is 14.8 Å². The zero-order valence-electron chi connectivity index (χ0n) is 19.9. The molecule has 1 fully saturated rings. The molecule has 1 saturated heterocycles. The van der Waals surface area contributed by atoms with E-state index in [1.165, 1.54) is 13.2 Å². The van der Waals surface area contributed by atoms with Gasteiger partial charge in [-0.1, -0.05) is 57.9 Å². The van der Waals surface area contributed by atoms with Gasteiger partial charge in [0.2, 0.25) is 5.91 Å². The summed E-state index contributed by atoms with van der Waals surface area (Å²) in [6.45, 7) is -0.296. The molecule has 1 aliphatic heterocycles. The Morgan fingerprint density at radius 3 is 2.63 bits per heavy atom. The third-order valence-electron chi connectivity index (χ3n) is 5.41.